The number of aryl methyl sites for hydroxylation is 1. The van der Waals surface area contributed by atoms with E-state index in [1.54, 1.807) is 19.1 Å². The summed E-state index contributed by atoms with van der Waals surface area (Å²) in [7, 11) is 1.48. The molecule has 1 rings (SSSR count). The van der Waals surface area contributed by atoms with E-state index in [-0.39, 0.29) is 5.69 Å². The number of amides is 2. The van der Waals surface area contributed by atoms with Crippen molar-refractivity contribution in [2.24, 2.45) is 0 Å². The Morgan fingerprint density at radius 1 is 1.46 bits per heavy atom. The Kier molecular flexibility index (Phi) is 2.84. The van der Waals surface area contributed by atoms with Crippen molar-refractivity contribution < 1.29 is 9.18 Å². The summed E-state index contributed by atoms with van der Waals surface area (Å²) in [6.45, 7) is 1.73. The van der Waals surface area contributed by atoms with Crippen molar-refractivity contribution in [3.63, 3.8) is 0 Å². The molecule has 1 aromatic carbocycles. The average molecular weight is 182 g/mol. The Morgan fingerprint density at radius 3 is 2.69 bits per heavy atom. The van der Waals surface area contributed by atoms with Crippen LogP contribution in [-0.4, -0.2) is 13.1 Å². The molecule has 0 aromatic heterocycles. The molecule has 1 aromatic rings. The summed E-state index contributed by atoms with van der Waals surface area (Å²) in [5.74, 6) is -0.427. The summed E-state index contributed by atoms with van der Waals surface area (Å²) in [5.41, 5.74) is 0.922. The molecule has 0 aliphatic rings. The van der Waals surface area contributed by atoms with Gasteiger partial charge in [0.05, 0.1) is 5.69 Å². The van der Waals surface area contributed by atoms with Gasteiger partial charge in [0.2, 0.25) is 0 Å². The van der Waals surface area contributed by atoms with Gasteiger partial charge in [0.25, 0.3) is 0 Å². The van der Waals surface area contributed by atoms with E-state index in [0.29, 0.717) is 5.56 Å². The zero-order valence-electron chi connectivity index (χ0n) is 7.52. The normalized spacial score (nSPS) is 9.46. The van der Waals surface area contributed by atoms with Crippen LogP contribution in [0.15, 0.2) is 18.2 Å². The van der Waals surface area contributed by atoms with Crippen molar-refractivity contribution in [2.75, 3.05) is 12.4 Å². The lowest BCUT2D eigenvalue weighted by atomic mass is 10.2. The van der Waals surface area contributed by atoms with E-state index in [4.69, 9.17) is 0 Å². The highest BCUT2D eigenvalue weighted by atomic mass is 19.1. The van der Waals surface area contributed by atoms with Crippen LogP contribution in [0.2, 0.25) is 0 Å². The minimum absolute atomic E-state index is 0.224. The number of rotatable bonds is 1. The van der Waals surface area contributed by atoms with E-state index in [0.717, 1.165) is 0 Å². The molecular weight excluding hydrogens is 171 g/mol. The first-order valence-corrected chi connectivity index (χ1v) is 3.89. The summed E-state index contributed by atoms with van der Waals surface area (Å²) in [4.78, 5) is 10.9. The number of para-hydroxylation sites is 1. The van der Waals surface area contributed by atoms with Crippen LogP contribution in [0.3, 0.4) is 0 Å². The molecule has 0 spiro atoms. The standard InChI is InChI=1S/C9H11FN2O/c1-6-4-3-5-7(10)8(6)12-9(13)11-2/h3-5H,1-2H3,(H2,11,12,13). The second kappa shape index (κ2) is 3.89. The number of carbonyl (C=O) groups is 1. The van der Waals surface area contributed by atoms with Crippen LogP contribution >= 0.6 is 0 Å². The van der Waals surface area contributed by atoms with Gasteiger partial charge in [-0.05, 0) is 18.6 Å². The fraction of sp³-hybridized carbons (Fsp3) is 0.222. The van der Waals surface area contributed by atoms with Crippen LogP contribution in [0.1, 0.15) is 5.56 Å². The first kappa shape index (κ1) is 9.51. The molecule has 0 aliphatic heterocycles. The molecule has 0 bridgehead atoms. The zero-order chi connectivity index (χ0) is 9.84. The third-order valence-electron chi connectivity index (χ3n) is 1.69. The van der Waals surface area contributed by atoms with E-state index in [9.17, 15) is 9.18 Å². The molecule has 4 heteroatoms. The van der Waals surface area contributed by atoms with Gasteiger partial charge in [-0.2, -0.15) is 0 Å². The second-order valence-electron chi connectivity index (χ2n) is 2.64. The number of benzene rings is 1. The monoisotopic (exact) mass is 182 g/mol. The molecule has 13 heavy (non-hydrogen) atoms. The molecule has 0 atom stereocenters. The van der Waals surface area contributed by atoms with E-state index in [1.165, 1.54) is 13.1 Å². The fourth-order valence-electron chi connectivity index (χ4n) is 0.966. The Hall–Kier alpha value is -1.58. The molecule has 0 radical (unpaired) electrons. The predicted octanol–water partition coefficient (Wildman–Crippen LogP) is 1.89. The smallest absolute Gasteiger partial charge is 0.319 e. The molecular formula is C9H11FN2O. The van der Waals surface area contributed by atoms with Crippen molar-refractivity contribution in [3.05, 3.63) is 29.6 Å². The molecule has 3 nitrogen and oxygen atoms in total. The quantitative estimate of drug-likeness (QED) is 0.684. The average Bonchev–Trinajstić information content (AvgIpc) is 2.11. The van der Waals surface area contributed by atoms with Crippen LogP contribution < -0.4 is 10.6 Å². The van der Waals surface area contributed by atoms with Gasteiger partial charge in [0, 0.05) is 7.05 Å². The maximum atomic E-state index is 13.1. The van der Waals surface area contributed by atoms with Crippen LogP contribution in [0.4, 0.5) is 14.9 Å². The zero-order valence-corrected chi connectivity index (χ0v) is 7.52. The number of halogens is 1. The predicted molar refractivity (Wildman–Crippen MR) is 49.2 cm³/mol. The summed E-state index contributed by atoms with van der Waals surface area (Å²) >= 11 is 0. The van der Waals surface area contributed by atoms with Crippen molar-refractivity contribution in [2.45, 2.75) is 6.92 Å². The molecule has 0 aliphatic carbocycles. The minimum Gasteiger partial charge on any atom is -0.341 e. The van der Waals surface area contributed by atoms with Crippen LogP contribution in [0.25, 0.3) is 0 Å². The van der Waals surface area contributed by atoms with Gasteiger partial charge in [-0.25, -0.2) is 9.18 Å². The summed E-state index contributed by atoms with van der Waals surface area (Å²) in [5, 5.41) is 4.75. The van der Waals surface area contributed by atoms with Gasteiger partial charge in [-0.15, -0.1) is 0 Å². The van der Waals surface area contributed by atoms with Gasteiger partial charge in [0.15, 0.2) is 0 Å². The fourth-order valence-corrected chi connectivity index (χ4v) is 0.966. The van der Waals surface area contributed by atoms with Crippen LogP contribution in [0.5, 0.6) is 0 Å². The lowest BCUT2D eigenvalue weighted by Gasteiger charge is -2.07. The molecule has 0 saturated heterocycles. The van der Waals surface area contributed by atoms with E-state index >= 15 is 0 Å². The molecule has 0 fully saturated rings. The van der Waals surface area contributed by atoms with Gasteiger partial charge in [-0.1, -0.05) is 12.1 Å². The summed E-state index contributed by atoms with van der Waals surface area (Å²) in [6.07, 6.45) is 0. The number of hydrogen-bond donors (Lipinski definition) is 2. The highest BCUT2D eigenvalue weighted by molar-refractivity contribution is 5.89. The molecule has 0 unspecified atom stereocenters. The number of nitrogens with one attached hydrogen (secondary N) is 2. The Labute approximate surface area is 76.0 Å². The molecule has 0 heterocycles. The van der Waals surface area contributed by atoms with Crippen molar-refractivity contribution in [1.29, 1.82) is 0 Å². The largest absolute Gasteiger partial charge is 0.341 e. The number of anilines is 1. The minimum atomic E-state index is -0.427. The van der Waals surface area contributed by atoms with E-state index in [2.05, 4.69) is 10.6 Å². The molecule has 2 amide bonds. The van der Waals surface area contributed by atoms with Gasteiger partial charge >= 0.3 is 6.03 Å². The maximum absolute atomic E-state index is 13.1. The number of hydrogen-bond acceptors (Lipinski definition) is 1. The third kappa shape index (κ3) is 2.18. The summed E-state index contributed by atoms with van der Waals surface area (Å²) < 4.78 is 13.1. The molecule has 0 saturated carbocycles. The number of urea groups is 1. The van der Waals surface area contributed by atoms with E-state index < -0.39 is 11.8 Å². The third-order valence-corrected chi connectivity index (χ3v) is 1.69. The summed E-state index contributed by atoms with van der Waals surface area (Å²) in [6, 6.07) is 4.21. The van der Waals surface area contributed by atoms with Crippen LogP contribution in [-0.2, 0) is 0 Å². The second-order valence-corrected chi connectivity index (χ2v) is 2.64. The topological polar surface area (TPSA) is 41.1 Å². The van der Waals surface area contributed by atoms with Crippen LogP contribution in [0, 0.1) is 12.7 Å². The lowest BCUT2D eigenvalue weighted by Crippen LogP contribution is -2.25. The highest BCUT2D eigenvalue weighted by Gasteiger charge is 2.06. The van der Waals surface area contributed by atoms with Gasteiger partial charge in [-0.3, -0.25) is 0 Å². The SMILES string of the molecule is CNC(=O)Nc1c(C)cccc1F. The van der Waals surface area contributed by atoms with Crippen molar-refractivity contribution in [3.8, 4) is 0 Å². The number of carbonyl (C=O) groups excluding carboxylic acids is 1. The Balaban J connectivity index is 2.93. The first-order chi connectivity index (χ1) is 6.15. The van der Waals surface area contributed by atoms with Crippen molar-refractivity contribution >= 4 is 11.7 Å². The molecule has 2 N–H and O–H groups in total. The lowest BCUT2D eigenvalue weighted by molar-refractivity contribution is 0.254. The maximum Gasteiger partial charge on any atom is 0.319 e. The van der Waals surface area contributed by atoms with Gasteiger partial charge < -0.3 is 10.6 Å². The molecule has 70 valence electrons. The van der Waals surface area contributed by atoms with Gasteiger partial charge in [0.1, 0.15) is 5.82 Å². The highest BCUT2D eigenvalue weighted by Crippen LogP contribution is 2.18. The Morgan fingerprint density at radius 2 is 2.15 bits per heavy atom. The van der Waals surface area contributed by atoms with E-state index in [1.807, 2.05) is 0 Å². The van der Waals surface area contributed by atoms with Crippen molar-refractivity contribution in [1.82, 2.24) is 5.32 Å². The first-order valence-electron chi connectivity index (χ1n) is 3.89. The Bertz CT molecular complexity index is 305.